The number of nitrogens with zero attached hydrogens (tertiary/aromatic N) is 1. The van der Waals surface area contributed by atoms with Crippen LogP contribution in [0.25, 0.3) is 0 Å². The van der Waals surface area contributed by atoms with Crippen molar-refractivity contribution in [3.05, 3.63) is 47.0 Å². The Kier molecular flexibility index (Phi) is 8.03. The molecule has 31 heavy (non-hydrogen) atoms. The number of likely N-dealkylation sites (tertiary alicyclic amines) is 1. The summed E-state index contributed by atoms with van der Waals surface area (Å²) in [5.74, 6) is -0.967. The number of fused-ring (bicyclic) bond motifs is 1. The topological polar surface area (TPSA) is 65.1 Å². The van der Waals surface area contributed by atoms with E-state index in [1.54, 1.807) is 0 Å². The van der Waals surface area contributed by atoms with Crippen molar-refractivity contribution < 1.29 is 23.8 Å². The Bertz CT molecular complexity index is 805. The van der Waals surface area contributed by atoms with Gasteiger partial charge in [-0.2, -0.15) is 0 Å². The number of hydrogen-bond donors (Lipinski definition) is 0. The highest BCUT2D eigenvalue weighted by Crippen LogP contribution is 2.52. The van der Waals surface area contributed by atoms with Gasteiger partial charge in [0.2, 0.25) is 0 Å². The lowest BCUT2D eigenvalue weighted by Gasteiger charge is -2.44. The molecule has 0 saturated carbocycles. The molecule has 1 aliphatic heterocycles. The summed E-state index contributed by atoms with van der Waals surface area (Å²) in [6.07, 6.45) is 1.57. The fourth-order valence-electron chi connectivity index (χ4n) is 5.10. The first-order chi connectivity index (χ1) is 14.9. The first-order valence-electron chi connectivity index (χ1n) is 11.2. The van der Waals surface area contributed by atoms with E-state index >= 15 is 0 Å². The quantitative estimate of drug-likeness (QED) is 0.420. The van der Waals surface area contributed by atoms with Crippen LogP contribution in [0.4, 0.5) is 0 Å². The minimum absolute atomic E-state index is 0.0202. The van der Waals surface area contributed by atoms with Crippen molar-refractivity contribution in [1.29, 1.82) is 0 Å². The Morgan fingerprint density at radius 2 is 1.87 bits per heavy atom. The standard InChI is InChI=1S/C25H35NO5/c1-5-30-13-14-31-17-21(27)20-15-22-25(3,18(2)23(20)24(28)29-4)11-12-26(22)16-19-9-7-6-8-10-19/h6-10,20,22H,5,11-17H2,1-4H3/t20-,22-,25+/m0/s1. The van der Waals surface area contributed by atoms with Crippen molar-refractivity contribution in [2.24, 2.45) is 11.3 Å². The zero-order valence-corrected chi connectivity index (χ0v) is 19.2. The van der Waals surface area contributed by atoms with Crippen LogP contribution in [0.1, 0.15) is 39.2 Å². The average Bonchev–Trinajstić information content (AvgIpc) is 3.10. The maximum absolute atomic E-state index is 13.1. The van der Waals surface area contributed by atoms with E-state index in [-0.39, 0.29) is 23.8 Å². The van der Waals surface area contributed by atoms with Crippen LogP contribution in [0.3, 0.4) is 0 Å². The van der Waals surface area contributed by atoms with E-state index in [4.69, 9.17) is 14.2 Å². The largest absolute Gasteiger partial charge is 0.466 e. The molecule has 1 heterocycles. The van der Waals surface area contributed by atoms with Gasteiger partial charge in [-0.3, -0.25) is 9.69 Å². The predicted octanol–water partition coefficient (Wildman–Crippen LogP) is 3.40. The number of carbonyl (C=O) groups is 2. The highest BCUT2D eigenvalue weighted by atomic mass is 16.5. The molecule has 0 bridgehead atoms. The van der Waals surface area contributed by atoms with Gasteiger partial charge >= 0.3 is 5.97 Å². The van der Waals surface area contributed by atoms with Crippen molar-refractivity contribution in [3.8, 4) is 0 Å². The van der Waals surface area contributed by atoms with E-state index in [1.165, 1.54) is 12.7 Å². The summed E-state index contributed by atoms with van der Waals surface area (Å²) >= 11 is 0. The van der Waals surface area contributed by atoms with Gasteiger partial charge in [-0.15, -0.1) is 0 Å². The highest BCUT2D eigenvalue weighted by Gasteiger charge is 2.52. The zero-order valence-electron chi connectivity index (χ0n) is 19.2. The number of ether oxygens (including phenoxy) is 3. The molecule has 2 aliphatic rings. The Balaban J connectivity index is 1.82. The lowest BCUT2D eigenvalue weighted by molar-refractivity contribution is -0.140. The van der Waals surface area contributed by atoms with E-state index in [1.807, 2.05) is 19.9 Å². The van der Waals surface area contributed by atoms with Gasteiger partial charge in [-0.05, 0) is 38.8 Å². The number of esters is 1. The Morgan fingerprint density at radius 1 is 1.16 bits per heavy atom. The van der Waals surface area contributed by atoms with Crippen LogP contribution < -0.4 is 0 Å². The minimum Gasteiger partial charge on any atom is -0.466 e. The van der Waals surface area contributed by atoms with Crippen LogP contribution in [0, 0.1) is 11.3 Å². The molecule has 0 aromatic heterocycles. The van der Waals surface area contributed by atoms with Gasteiger partial charge in [0.25, 0.3) is 0 Å². The van der Waals surface area contributed by atoms with Gasteiger partial charge in [0.1, 0.15) is 6.61 Å². The van der Waals surface area contributed by atoms with E-state index in [2.05, 4.69) is 36.1 Å². The molecule has 0 amide bonds. The maximum Gasteiger partial charge on any atom is 0.334 e. The molecule has 170 valence electrons. The molecule has 0 radical (unpaired) electrons. The molecule has 0 spiro atoms. The molecule has 3 rings (SSSR count). The smallest absolute Gasteiger partial charge is 0.334 e. The summed E-state index contributed by atoms with van der Waals surface area (Å²) in [5, 5.41) is 0. The molecule has 1 aromatic rings. The van der Waals surface area contributed by atoms with Crippen LogP contribution in [0.15, 0.2) is 41.5 Å². The van der Waals surface area contributed by atoms with E-state index < -0.39 is 11.9 Å². The number of carbonyl (C=O) groups excluding carboxylic acids is 2. The van der Waals surface area contributed by atoms with Gasteiger partial charge in [0, 0.05) is 30.2 Å². The second-order valence-corrected chi connectivity index (χ2v) is 8.67. The molecule has 6 nitrogen and oxygen atoms in total. The van der Waals surface area contributed by atoms with Crippen molar-refractivity contribution in [2.75, 3.05) is 40.1 Å². The molecule has 3 atom stereocenters. The van der Waals surface area contributed by atoms with Gasteiger partial charge in [-0.1, -0.05) is 42.8 Å². The Morgan fingerprint density at radius 3 is 2.55 bits per heavy atom. The molecular weight excluding hydrogens is 394 g/mol. The first kappa shape index (κ1) is 23.6. The van der Waals surface area contributed by atoms with Crippen LogP contribution in [0.5, 0.6) is 0 Å². The molecule has 1 aromatic carbocycles. The number of Topliss-reactive ketones (excluding diaryl/α,β-unsaturated/α-hetero) is 1. The van der Waals surface area contributed by atoms with Crippen LogP contribution in [-0.4, -0.2) is 62.8 Å². The number of methoxy groups -OCH3 is 1. The second-order valence-electron chi connectivity index (χ2n) is 8.67. The summed E-state index contributed by atoms with van der Waals surface area (Å²) in [7, 11) is 1.38. The monoisotopic (exact) mass is 429 g/mol. The van der Waals surface area contributed by atoms with Crippen molar-refractivity contribution in [3.63, 3.8) is 0 Å². The SMILES string of the molecule is CCOCCOCC(=O)[C@@H]1C[C@@H]2N(Cc3ccccc3)CC[C@]2(C)C(C)=C1C(=O)OC. The summed E-state index contributed by atoms with van der Waals surface area (Å²) in [6, 6.07) is 10.6. The zero-order chi connectivity index (χ0) is 22.4. The number of rotatable bonds is 10. The van der Waals surface area contributed by atoms with Crippen LogP contribution in [0.2, 0.25) is 0 Å². The second kappa shape index (κ2) is 10.5. The first-order valence-corrected chi connectivity index (χ1v) is 11.2. The lowest BCUT2D eigenvalue weighted by atomic mass is 9.64. The third kappa shape index (κ3) is 5.08. The fourth-order valence-corrected chi connectivity index (χ4v) is 5.10. The summed E-state index contributed by atoms with van der Waals surface area (Å²) < 4.78 is 15.9. The van der Waals surface area contributed by atoms with Gasteiger partial charge in [0.05, 0.1) is 26.2 Å². The van der Waals surface area contributed by atoms with Crippen LogP contribution >= 0.6 is 0 Å². The van der Waals surface area contributed by atoms with Crippen LogP contribution in [-0.2, 0) is 30.3 Å². The van der Waals surface area contributed by atoms with Gasteiger partial charge < -0.3 is 14.2 Å². The van der Waals surface area contributed by atoms with E-state index in [9.17, 15) is 9.59 Å². The Labute approximate surface area is 185 Å². The molecule has 1 saturated heterocycles. The van der Waals surface area contributed by atoms with Crippen molar-refractivity contribution >= 4 is 11.8 Å². The summed E-state index contributed by atoms with van der Waals surface area (Å²) in [5.41, 5.74) is 2.62. The molecular formula is C25H35NO5. The molecule has 1 fully saturated rings. The molecule has 0 N–H and O–H groups in total. The van der Waals surface area contributed by atoms with Gasteiger partial charge in [-0.25, -0.2) is 4.79 Å². The molecule has 6 heteroatoms. The highest BCUT2D eigenvalue weighted by molar-refractivity contribution is 5.99. The summed E-state index contributed by atoms with van der Waals surface area (Å²) in [4.78, 5) is 28.3. The van der Waals surface area contributed by atoms with Gasteiger partial charge in [0.15, 0.2) is 5.78 Å². The fraction of sp³-hybridized carbons (Fsp3) is 0.600. The van der Waals surface area contributed by atoms with Crippen molar-refractivity contribution in [1.82, 2.24) is 4.90 Å². The number of hydrogen-bond acceptors (Lipinski definition) is 6. The van der Waals surface area contributed by atoms with E-state index in [0.717, 1.165) is 25.1 Å². The number of ketones is 1. The molecule has 1 aliphatic carbocycles. The summed E-state index contributed by atoms with van der Waals surface area (Å²) in [6.45, 7) is 9.34. The molecule has 0 unspecified atom stereocenters. The lowest BCUT2D eigenvalue weighted by Crippen LogP contribution is -2.47. The Hall–Kier alpha value is -2.02. The number of benzene rings is 1. The normalized spacial score (nSPS) is 26.1. The maximum atomic E-state index is 13.1. The minimum atomic E-state index is -0.506. The third-order valence-electron chi connectivity index (χ3n) is 7.01. The average molecular weight is 430 g/mol. The van der Waals surface area contributed by atoms with E-state index in [0.29, 0.717) is 31.8 Å². The predicted molar refractivity (Wildman–Crippen MR) is 119 cm³/mol. The van der Waals surface area contributed by atoms with Crippen molar-refractivity contribution in [2.45, 2.75) is 46.2 Å². The third-order valence-corrected chi connectivity index (χ3v) is 7.01.